The van der Waals surface area contributed by atoms with Gasteiger partial charge in [0, 0.05) is 12.0 Å². The molecule has 0 radical (unpaired) electrons. The van der Waals surface area contributed by atoms with E-state index in [1.54, 1.807) is 12.2 Å². The molecule has 0 amide bonds. The highest BCUT2D eigenvalue weighted by Crippen LogP contribution is 2.22. The number of hydrogen-bond donors (Lipinski definition) is 2. The fourth-order valence-electron chi connectivity index (χ4n) is 1.05. The lowest BCUT2D eigenvalue weighted by Crippen LogP contribution is -1.98. The second-order valence-electron chi connectivity index (χ2n) is 2.80. The van der Waals surface area contributed by atoms with Gasteiger partial charge in [0.05, 0.1) is 11.4 Å². The van der Waals surface area contributed by atoms with Crippen molar-refractivity contribution in [3.8, 4) is 0 Å². The van der Waals surface area contributed by atoms with Gasteiger partial charge in [0.1, 0.15) is 12.1 Å². The number of aldehydes is 1. The minimum Gasteiger partial charge on any atom is -0.397 e. The van der Waals surface area contributed by atoms with E-state index in [9.17, 15) is 9.18 Å². The van der Waals surface area contributed by atoms with Gasteiger partial charge in [-0.25, -0.2) is 4.39 Å². The van der Waals surface area contributed by atoms with Crippen LogP contribution in [-0.2, 0) is 4.79 Å². The van der Waals surface area contributed by atoms with Crippen molar-refractivity contribution in [3.63, 3.8) is 0 Å². The molecule has 0 saturated carbocycles. The molecule has 0 aliphatic carbocycles. The number of allylic oxidation sites excluding steroid dienone is 1. The maximum absolute atomic E-state index is 12.9. The Bertz CT molecular complexity index is 375. The van der Waals surface area contributed by atoms with Crippen LogP contribution in [0.4, 0.5) is 15.8 Å². The number of carbonyl (C=O) groups excluding carboxylic acids is 1. The molecule has 1 rings (SSSR count). The van der Waals surface area contributed by atoms with E-state index in [4.69, 9.17) is 11.5 Å². The Labute approximate surface area is 81.2 Å². The number of carbonyl (C=O) groups is 1. The normalized spacial score (nSPS) is 10.6. The summed E-state index contributed by atoms with van der Waals surface area (Å²) >= 11 is 0. The molecule has 0 aliphatic rings. The van der Waals surface area contributed by atoms with Crippen molar-refractivity contribution in [1.29, 1.82) is 0 Å². The first kappa shape index (κ1) is 10.2. The van der Waals surface area contributed by atoms with Crippen LogP contribution in [0.5, 0.6) is 0 Å². The van der Waals surface area contributed by atoms with Crippen LogP contribution < -0.4 is 11.5 Å². The van der Waals surface area contributed by atoms with E-state index in [0.717, 1.165) is 12.4 Å². The summed E-state index contributed by atoms with van der Waals surface area (Å²) in [6.45, 7) is 0. The van der Waals surface area contributed by atoms with Gasteiger partial charge in [-0.1, -0.05) is 12.2 Å². The summed E-state index contributed by atoms with van der Waals surface area (Å²) in [5, 5.41) is 0. The summed E-state index contributed by atoms with van der Waals surface area (Å²) in [7, 11) is 0. The predicted molar refractivity (Wildman–Crippen MR) is 54.9 cm³/mol. The minimum atomic E-state index is -0.442. The van der Waals surface area contributed by atoms with Crippen LogP contribution in [0.15, 0.2) is 18.2 Å². The third-order valence-corrected chi connectivity index (χ3v) is 1.74. The Morgan fingerprint density at radius 1 is 1.36 bits per heavy atom. The van der Waals surface area contributed by atoms with E-state index in [1.165, 1.54) is 6.07 Å². The van der Waals surface area contributed by atoms with Gasteiger partial charge < -0.3 is 16.3 Å². The number of rotatable bonds is 3. The number of benzene rings is 1. The highest BCUT2D eigenvalue weighted by atomic mass is 19.1. The monoisotopic (exact) mass is 194 g/mol. The molecule has 4 heteroatoms. The Balaban J connectivity index is 3.01. The molecule has 3 nitrogen and oxygen atoms in total. The second-order valence-corrected chi connectivity index (χ2v) is 2.80. The zero-order chi connectivity index (χ0) is 10.6. The van der Waals surface area contributed by atoms with E-state index in [-0.39, 0.29) is 12.1 Å². The average Bonchev–Trinajstić information content (AvgIpc) is 2.13. The lowest BCUT2D eigenvalue weighted by atomic mass is 10.1. The summed E-state index contributed by atoms with van der Waals surface area (Å²) in [4.78, 5) is 10.0. The van der Waals surface area contributed by atoms with E-state index >= 15 is 0 Å². The first-order valence-electron chi connectivity index (χ1n) is 4.10. The lowest BCUT2D eigenvalue weighted by Gasteiger charge is -2.04. The van der Waals surface area contributed by atoms with Crippen LogP contribution in [0.25, 0.3) is 6.08 Å². The van der Waals surface area contributed by atoms with Gasteiger partial charge in [-0.05, 0) is 12.1 Å². The van der Waals surface area contributed by atoms with Crippen molar-refractivity contribution in [2.75, 3.05) is 11.5 Å². The number of nitrogen functional groups attached to an aromatic ring is 2. The van der Waals surface area contributed by atoms with E-state index in [1.807, 2.05) is 0 Å². The van der Waals surface area contributed by atoms with Crippen molar-refractivity contribution >= 4 is 23.7 Å². The van der Waals surface area contributed by atoms with Gasteiger partial charge in [-0.15, -0.1) is 0 Å². The van der Waals surface area contributed by atoms with Gasteiger partial charge >= 0.3 is 0 Å². The number of nitrogens with two attached hydrogens (primary N) is 2. The average molecular weight is 194 g/mol. The molecule has 0 bridgehead atoms. The topological polar surface area (TPSA) is 69.1 Å². The minimum absolute atomic E-state index is 0.204. The van der Waals surface area contributed by atoms with Crippen molar-refractivity contribution in [1.82, 2.24) is 0 Å². The Morgan fingerprint density at radius 3 is 2.71 bits per heavy atom. The van der Waals surface area contributed by atoms with Gasteiger partial charge in [0.25, 0.3) is 0 Å². The van der Waals surface area contributed by atoms with Crippen LogP contribution in [0.3, 0.4) is 0 Å². The highest BCUT2D eigenvalue weighted by molar-refractivity contribution is 5.76. The predicted octanol–water partition coefficient (Wildman–Crippen LogP) is 1.59. The van der Waals surface area contributed by atoms with Crippen LogP contribution >= 0.6 is 0 Å². The largest absolute Gasteiger partial charge is 0.397 e. The Morgan fingerprint density at radius 2 is 2.07 bits per heavy atom. The Hall–Kier alpha value is -1.84. The molecule has 0 aliphatic heterocycles. The van der Waals surface area contributed by atoms with Crippen molar-refractivity contribution < 1.29 is 9.18 Å². The molecule has 0 fully saturated rings. The fraction of sp³-hybridized carbons (Fsp3) is 0.100. The van der Waals surface area contributed by atoms with Crippen LogP contribution in [0, 0.1) is 5.82 Å². The number of anilines is 2. The molecule has 0 heterocycles. The third-order valence-electron chi connectivity index (χ3n) is 1.74. The number of halogens is 1. The molecule has 0 saturated heterocycles. The molecule has 0 spiro atoms. The zero-order valence-corrected chi connectivity index (χ0v) is 7.53. The van der Waals surface area contributed by atoms with Gasteiger partial charge in [-0.3, -0.25) is 0 Å². The zero-order valence-electron chi connectivity index (χ0n) is 7.53. The van der Waals surface area contributed by atoms with Crippen LogP contribution in [0.2, 0.25) is 0 Å². The van der Waals surface area contributed by atoms with E-state index in [0.29, 0.717) is 11.3 Å². The SMILES string of the molecule is Nc1cc(F)cc(C=CCC=O)c1N. The summed E-state index contributed by atoms with van der Waals surface area (Å²) in [6.07, 6.45) is 4.19. The van der Waals surface area contributed by atoms with Gasteiger partial charge in [0.15, 0.2) is 0 Å². The van der Waals surface area contributed by atoms with Crippen molar-refractivity contribution in [3.05, 3.63) is 29.6 Å². The molecule has 74 valence electrons. The second kappa shape index (κ2) is 4.41. The van der Waals surface area contributed by atoms with Gasteiger partial charge in [0.2, 0.25) is 0 Å². The quantitative estimate of drug-likeness (QED) is 0.567. The molecular weight excluding hydrogens is 183 g/mol. The smallest absolute Gasteiger partial charge is 0.126 e. The molecule has 0 unspecified atom stereocenters. The summed E-state index contributed by atoms with van der Waals surface area (Å²) in [6, 6.07) is 2.43. The highest BCUT2D eigenvalue weighted by Gasteiger charge is 2.02. The maximum Gasteiger partial charge on any atom is 0.126 e. The summed E-state index contributed by atoms with van der Waals surface area (Å²) in [5.74, 6) is -0.442. The maximum atomic E-state index is 12.9. The molecule has 0 atom stereocenters. The summed E-state index contributed by atoms with van der Waals surface area (Å²) in [5.41, 5.74) is 12.1. The van der Waals surface area contributed by atoms with E-state index in [2.05, 4.69) is 0 Å². The molecule has 1 aromatic rings. The van der Waals surface area contributed by atoms with Crippen molar-refractivity contribution in [2.24, 2.45) is 0 Å². The molecule has 14 heavy (non-hydrogen) atoms. The molecule has 4 N–H and O–H groups in total. The Kier molecular flexibility index (Phi) is 3.23. The van der Waals surface area contributed by atoms with Gasteiger partial charge in [-0.2, -0.15) is 0 Å². The van der Waals surface area contributed by atoms with Crippen LogP contribution in [-0.4, -0.2) is 6.29 Å². The van der Waals surface area contributed by atoms with Crippen molar-refractivity contribution in [2.45, 2.75) is 6.42 Å². The standard InChI is InChI=1S/C10H11FN2O/c11-8-5-7(3-1-2-4-14)10(13)9(12)6-8/h1,3-6H,2,12-13H2. The third kappa shape index (κ3) is 2.32. The first-order chi connectivity index (χ1) is 6.65. The number of hydrogen-bond acceptors (Lipinski definition) is 3. The van der Waals surface area contributed by atoms with Crippen LogP contribution in [0.1, 0.15) is 12.0 Å². The first-order valence-corrected chi connectivity index (χ1v) is 4.10. The fourth-order valence-corrected chi connectivity index (χ4v) is 1.05. The molecule has 1 aromatic carbocycles. The van der Waals surface area contributed by atoms with E-state index < -0.39 is 5.82 Å². The molecule has 0 aromatic heterocycles. The lowest BCUT2D eigenvalue weighted by molar-refractivity contribution is -0.107. The molecular formula is C10H11FN2O. The summed E-state index contributed by atoms with van der Waals surface area (Å²) < 4.78 is 12.9.